The Morgan fingerprint density at radius 3 is 2.12 bits per heavy atom. The highest BCUT2D eigenvalue weighted by Crippen LogP contribution is 2.10. The second-order valence-electron chi connectivity index (χ2n) is 4.46. The quantitative estimate of drug-likeness (QED) is 0.535. The van der Waals surface area contributed by atoms with E-state index in [-0.39, 0.29) is 6.03 Å². The molecule has 1 aliphatic heterocycles. The molecule has 0 radical (unpaired) electrons. The summed E-state index contributed by atoms with van der Waals surface area (Å²) >= 11 is 5.40. The highest BCUT2D eigenvalue weighted by molar-refractivity contribution is 6.64. The first kappa shape index (κ1) is 14.3. The van der Waals surface area contributed by atoms with E-state index in [9.17, 15) is 9.59 Å². The lowest BCUT2D eigenvalue weighted by molar-refractivity contribution is 0.197. The molecule has 4 nitrogen and oxygen atoms in total. The molecule has 1 heterocycles. The highest BCUT2D eigenvalue weighted by Gasteiger charge is 2.18. The number of hydrogen-bond acceptors (Lipinski definition) is 2. The molecule has 17 heavy (non-hydrogen) atoms. The molecule has 0 bridgehead atoms. The van der Waals surface area contributed by atoms with E-state index in [4.69, 9.17) is 11.6 Å². The van der Waals surface area contributed by atoms with Crippen LogP contribution in [0.5, 0.6) is 0 Å². The van der Waals surface area contributed by atoms with Crippen LogP contribution in [-0.2, 0) is 0 Å². The monoisotopic (exact) mass is 260 g/mol. The van der Waals surface area contributed by atoms with Crippen molar-refractivity contribution >= 4 is 23.0 Å². The standard InChI is InChI=1S/C12H21ClN2O2/c13-11(16)15-10-8-6-4-2-1-3-5-7-9-14-12(15)17/h1-10H2,(H,14,17). The van der Waals surface area contributed by atoms with Crippen LogP contribution < -0.4 is 5.32 Å². The molecule has 0 saturated carbocycles. The van der Waals surface area contributed by atoms with Crippen molar-refractivity contribution < 1.29 is 9.59 Å². The van der Waals surface area contributed by atoms with E-state index in [1.807, 2.05) is 0 Å². The second-order valence-corrected chi connectivity index (χ2v) is 4.79. The third-order valence-electron chi connectivity index (χ3n) is 3.04. The van der Waals surface area contributed by atoms with Crippen LogP contribution in [0.3, 0.4) is 0 Å². The average Bonchev–Trinajstić information content (AvgIpc) is 2.30. The van der Waals surface area contributed by atoms with E-state index < -0.39 is 5.37 Å². The molecule has 0 aliphatic carbocycles. The Labute approximate surface area is 108 Å². The molecular formula is C12H21ClN2O2. The van der Waals surface area contributed by atoms with Crippen LogP contribution in [0.25, 0.3) is 0 Å². The fourth-order valence-corrected chi connectivity index (χ4v) is 2.18. The Morgan fingerprint density at radius 1 is 1.00 bits per heavy atom. The summed E-state index contributed by atoms with van der Waals surface area (Å²) < 4.78 is 0. The number of rotatable bonds is 0. The zero-order valence-electron chi connectivity index (χ0n) is 10.2. The Balaban J connectivity index is 2.45. The summed E-state index contributed by atoms with van der Waals surface area (Å²) in [5.74, 6) is 0. The van der Waals surface area contributed by atoms with E-state index in [1.54, 1.807) is 0 Å². The topological polar surface area (TPSA) is 49.4 Å². The molecule has 5 heteroatoms. The van der Waals surface area contributed by atoms with Crippen molar-refractivity contribution in [2.24, 2.45) is 0 Å². The van der Waals surface area contributed by atoms with Gasteiger partial charge in [0.25, 0.3) is 0 Å². The van der Waals surface area contributed by atoms with Gasteiger partial charge in [-0.1, -0.05) is 38.5 Å². The van der Waals surface area contributed by atoms with Crippen molar-refractivity contribution in [2.45, 2.75) is 51.4 Å². The van der Waals surface area contributed by atoms with Crippen molar-refractivity contribution in [3.63, 3.8) is 0 Å². The van der Waals surface area contributed by atoms with Crippen LogP contribution in [0.4, 0.5) is 9.59 Å². The van der Waals surface area contributed by atoms with Gasteiger partial charge in [-0.15, -0.1) is 0 Å². The van der Waals surface area contributed by atoms with Crippen molar-refractivity contribution in [1.82, 2.24) is 10.2 Å². The molecule has 0 aromatic rings. The van der Waals surface area contributed by atoms with Crippen LogP contribution in [0.15, 0.2) is 0 Å². The van der Waals surface area contributed by atoms with Crippen LogP contribution in [0.1, 0.15) is 51.4 Å². The van der Waals surface area contributed by atoms with Crippen molar-refractivity contribution in [2.75, 3.05) is 13.1 Å². The van der Waals surface area contributed by atoms with E-state index in [0.717, 1.165) is 30.6 Å². The van der Waals surface area contributed by atoms with E-state index in [1.165, 1.54) is 25.7 Å². The molecular weight excluding hydrogens is 240 g/mol. The lowest BCUT2D eigenvalue weighted by atomic mass is 10.1. The SMILES string of the molecule is O=C(Cl)N1CCCCCCCCCCNC1=O. The van der Waals surface area contributed by atoms with Gasteiger partial charge >= 0.3 is 11.4 Å². The van der Waals surface area contributed by atoms with Crippen molar-refractivity contribution in [3.05, 3.63) is 0 Å². The number of nitrogens with one attached hydrogen (secondary N) is 1. The van der Waals surface area contributed by atoms with Gasteiger partial charge in [0.15, 0.2) is 0 Å². The molecule has 3 amide bonds. The number of amides is 3. The minimum Gasteiger partial charge on any atom is -0.338 e. The van der Waals surface area contributed by atoms with E-state index in [0.29, 0.717) is 13.1 Å². The molecule has 1 aliphatic rings. The fraction of sp³-hybridized carbons (Fsp3) is 0.833. The van der Waals surface area contributed by atoms with Gasteiger partial charge in [-0.25, -0.2) is 4.79 Å². The maximum absolute atomic E-state index is 11.7. The predicted molar refractivity (Wildman–Crippen MR) is 68.3 cm³/mol. The first-order valence-corrected chi connectivity index (χ1v) is 6.84. The summed E-state index contributed by atoms with van der Waals surface area (Å²) in [6.45, 7) is 1.05. The fourth-order valence-electron chi connectivity index (χ4n) is 2.02. The number of hydrogen-bond donors (Lipinski definition) is 1. The smallest absolute Gasteiger partial charge is 0.325 e. The lowest BCUT2D eigenvalue weighted by Gasteiger charge is -2.18. The van der Waals surface area contributed by atoms with Crippen LogP contribution in [-0.4, -0.2) is 29.4 Å². The van der Waals surface area contributed by atoms with Gasteiger partial charge in [-0.2, -0.15) is 0 Å². The van der Waals surface area contributed by atoms with Gasteiger partial charge < -0.3 is 5.32 Å². The first-order chi connectivity index (χ1) is 8.22. The van der Waals surface area contributed by atoms with Gasteiger partial charge in [-0.3, -0.25) is 9.69 Å². The van der Waals surface area contributed by atoms with Gasteiger partial charge in [-0.05, 0) is 24.4 Å². The number of imide groups is 1. The van der Waals surface area contributed by atoms with Crippen LogP contribution in [0, 0.1) is 0 Å². The molecule has 1 N–H and O–H groups in total. The Kier molecular flexibility index (Phi) is 7.01. The Morgan fingerprint density at radius 2 is 1.53 bits per heavy atom. The van der Waals surface area contributed by atoms with Gasteiger partial charge in [0.05, 0.1) is 0 Å². The molecule has 98 valence electrons. The minimum atomic E-state index is -0.683. The molecule has 1 saturated heterocycles. The number of urea groups is 1. The molecule has 0 unspecified atom stereocenters. The Bertz CT molecular complexity index is 259. The van der Waals surface area contributed by atoms with Crippen LogP contribution >= 0.6 is 11.6 Å². The Hall–Kier alpha value is -0.770. The normalized spacial score (nSPS) is 20.8. The number of carbonyl (C=O) groups is 2. The zero-order chi connectivity index (χ0) is 12.5. The third kappa shape index (κ3) is 5.91. The molecule has 1 fully saturated rings. The number of halogens is 1. The molecule has 0 aromatic carbocycles. The van der Waals surface area contributed by atoms with Gasteiger partial charge in [0.1, 0.15) is 0 Å². The summed E-state index contributed by atoms with van der Waals surface area (Å²) in [6.07, 6.45) is 8.91. The average molecular weight is 261 g/mol. The maximum Gasteiger partial charge on any atom is 0.325 e. The van der Waals surface area contributed by atoms with Gasteiger partial charge in [0.2, 0.25) is 0 Å². The largest absolute Gasteiger partial charge is 0.338 e. The summed E-state index contributed by atoms with van der Waals surface area (Å²) in [7, 11) is 0. The first-order valence-electron chi connectivity index (χ1n) is 6.46. The van der Waals surface area contributed by atoms with Crippen molar-refractivity contribution in [3.8, 4) is 0 Å². The number of carbonyl (C=O) groups excluding carboxylic acids is 2. The predicted octanol–water partition coefficient (Wildman–Crippen LogP) is 3.49. The second kappa shape index (κ2) is 8.34. The lowest BCUT2D eigenvalue weighted by Crippen LogP contribution is -2.42. The highest BCUT2D eigenvalue weighted by atomic mass is 35.5. The molecule has 1 rings (SSSR count). The number of nitrogens with zero attached hydrogens (tertiary/aromatic N) is 1. The van der Waals surface area contributed by atoms with Crippen LogP contribution in [0.2, 0.25) is 0 Å². The maximum atomic E-state index is 11.7. The summed E-state index contributed by atoms with van der Waals surface area (Å²) in [6, 6.07) is -0.357. The van der Waals surface area contributed by atoms with Crippen molar-refractivity contribution in [1.29, 1.82) is 0 Å². The van der Waals surface area contributed by atoms with E-state index in [2.05, 4.69) is 5.32 Å². The summed E-state index contributed by atoms with van der Waals surface area (Å²) in [5, 5.41) is 2.05. The molecule has 0 spiro atoms. The summed E-state index contributed by atoms with van der Waals surface area (Å²) in [5.41, 5.74) is 0. The van der Waals surface area contributed by atoms with Gasteiger partial charge in [0, 0.05) is 13.1 Å². The van der Waals surface area contributed by atoms with E-state index >= 15 is 0 Å². The zero-order valence-corrected chi connectivity index (χ0v) is 11.0. The third-order valence-corrected chi connectivity index (χ3v) is 3.25. The molecule has 0 atom stereocenters. The molecule has 0 aromatic heterocycles. The summed E-state index contributed by atoms with van der Waals surface area (Å²) in [4.78, 5) is 23.9. The minimum absolute atomic E-state index is 0.357.